The van der Waals surface area contributed by atoms with Crippen LogP contribution in [0.2, 0.25) is 0 Å². The minimum atomic E-state index is -4.29. The molecule has 0 aromatic heterocycles. The lowest BCUT2D eigenvalue weighted by Crippen LogP contribution is -2.50. The first-order valence-electron chi connectivity index (χ1n) is 6.95. The van der Waals surface area contributed by atoms with Gasteiger partial charge in [0.2, 0.25) is 0 Å². The van der Waals surface area contributed by atoms with Crippen LogP contribution in [-0.4, -0.2) is 18.2 Å². The van der Waals surface area contributed by atoms with Crippen LogP contribution in [0.5, 0.6) is 0 Å². The Morgan fingerprint density at radius 2 is 1.85 bits per heavy atom. The van der Waals surface area contributed by atoms with Gasteiger partial charge < -0.3 is 10.5 Å². The molecule has 20 heavy (non-hydrogen) atoms. The Bertz CT molecular complexity index is 481. The van der Waals surface area contributed by atoms with Crippen LogP contribution in [-0.2, 0) is 17.3 Å². The minimum absolute atomic E-state index is 0.0600. The molecular weight excluding hydrogens is 267 g/mol. The number of alkyl halides is 3. The molecule has 2 aliphatic rings. The zero-order chi connectivity index (χ0) is 14.4. The molecule has 1 heterocycles. The van der Waals surface area contributed by atoms with Gasteiger partial charge in [-0.05, 0) is 49.3 Å². The monoisotopic (exact) mass is 285 g/mol. The topological polar surface area (TPSA) is 35.2 Å². The molecule has 2 nitrogen and oxygen atoms in total. The molecule has 1 aromatic carbocycles. The Hall–Kier alpha value is -1.07. The molecular formula is C15H18F3NO. The highest BCUT2D eigenvalue weighted by Crippen LogP contribution is 2.43. The van der Waals surface area contributed by atoms with E-state index in [-0.39, 0.29) is 6.10 Å². The van der Waals surface area contributed by atoms with Crippen LogP contribution in [0.15, 0.2) is 24.3 Å². The van der Waals surface area contributed by atoms with Crippen molar-refractivity contribution in [2.45, 2.75) is 43.5 Å². The highest BCUT2D eigenvalue weighted by Gasteiger charge is 2.48. The Kier molecular flexibility index (Phi) is 3.29. The Morgan fingerprint density at radius 3 is 2.40 bits per heavy atom. The zero-order valence-electron chi connectivity index (χ0n) is 11.1. The molecule has 110 valence electrons. The number of benzene rings is 1. The maximum Gasteiger partial charge on any atom is 0.416 e. The molecule has 2 unspecified atom stereocenters. The normalized spacial score (nSPS) is 30.7. The van der Waals surface area contributed by atoms with E-state index in [1.54, 1.807) is 0 Å². The first-order chi connectivity index (χ1) is 9.38. The van der Waals surface area contributed by atoms with Gasteiger partial charge in [0.25, 0.3) is 0 Å². The molecule has 1 saturated heterocycles. The maximum absolute atomic E-state index is 12.5. The van der Waals surface area contributed by atoms with Gasteiger partial charge in [0, 0.05) is 12.1 Å². The molecule has 2 N–H and O–H groups in total. The zero-order valence-corrected chi connectivity index (χ0v) is 11.1. The van der Waals surface area contributed by atoms with Gasteiger partial charge in [-0.25, -0.2) is 0 Å². The summed E-state index contributed by atoms with van der Waals surface area (Å²) in [4.78, 5) is 0. The average molecular weight is 285 g/mol. The van der Waals surface area contributed by atoms with Gasteiger partial charge in [0.05, 0.1) is 11.7 Å². The molecule has 1 aromatic rings. The number of rotatable bonds is 3. The molecule has 0 bridgehead atoms. The SMILES string of the molecule is NC1(Cc2ccc(C(F)(F)F)cc2)CCOC1C1CC1. The Morgan fingerprint density at radius 1 is 1.20 bits per heavy atom. The maximum atomic E-state index is 12.5. The summed E-state index contributed by atoms with van der Waals surface area (Å²) in [5.74, 6) is 0.539. The third kappa shape index (κ3) is 2.69. The summed E-state index contributed by atoms with van der Waals surface area (Å²) in [5.41, 5.74) is 6.25. The van der Waals surface area contributed by atoms with E-state index in [0.29, 0.717) is 18.9 Å². The van der Waals surface area contributed by atoms with Gasteiger partial charge in [-0.3, -0.25) is 0 Å². The lowest BCUT2D eigenvalue weighted by molar-refractivity contribution is -0.137. The van der Waals surface area contributed by atoms with Crippen molar-refractivity contribution in [2.75, 3.05) is 6.61 Å². The van der Waals surface area contributed by atoms with Crippen molar-refractivity contribution in [3.63, 3.8) is 0 Å². The van der Waals surface area contributed by atoms with E-state index >= 15 is 0 Å². The fourth-order valence-electron chi connectivity index (χ4n) is 3.07. The fraction of sp³-hybridized carbons (Fsp3) is 0.600. The number of hydrogen-bond acceptors (Lipinski definition) is 2. The quantitative estimate of drug-likeness (QED) is 0.926. The lowest BCUT2D eigenvalue weighted by atomic mass is 9.83. The molecule has 5 heteroatoms. The molecule has 2 fully saturated rings. The van der Waals surface area contributed by atoms with Gasteiger partial charge in [0.1, 0.15) is 0 Å². The Balaban J connectivity index is 1.73. The summed E-state index contributed by atoms with van der Waals surface area (Å²) < 4.78 is 43.3. The molecule has 3 rings (SSSR count). The number of nitrogens with two attached hydrogens (primary N) is 1. The second kappa shape index (κ2) is 4.74. The molecule has 0 spiro atoms. The third-order valence-electron chi connectivity index (χ3n) is 4.30. The second-order valence-electron chi connectivity index (χ2n) is 5.98. The predicted molar refractivity (Wildman–Crippen MR) is 69.1 cm³/mol. The molecule has 2 atom stereocenters. The summed E-state index contributed by atoms with van der Waals surface area (Å²) in [6.07, 6.45) is -0.578. The van der Waals surface area contributed by atoms with Gasteiger partial charge in [0.15, 0.2) is 0 Å². The molecule has 1 saturated carbocycles. The van der Waals surface area contributed by atoms with E-state index < -0.39 is 17.3 Å². The van der Waals surface area contributed by atoms with E-state index in [9.17, 15) is 13.2 Å². The van der Waals surface area contributed by atoms with E-state index in [4.69, 9.17) is 10.5 Å². The van der Waals surface area contributed by atoms with E-state index in [2.05, 4.69) is 0 Å². The summed E-state index contributed by atoms with van der Waals surface area (Å²) in [6.45, 7) is 0.651. The number of hydrogen-bond donors (Lipinski definition) is 1. The first-order valence-corrected chi connectivity index (χ1v) is 6.95. The van der Waals surface area contributed by atoms with Crippen molar-refractivity contribution in [1.29, 1.82) is 0 Å². The van der Waals surface area contributed by atoms with Gasteiger partial charge >= 0.3 is 6.18 Å². The molecule has 1 aliphatic heterocycles. The number of halogens is 3. The smallest absolute Gasteiger partial charge is 0.376 e. The van der Waals surface area contributed by atoms with Gasteiger partial charge in [-0.15, -0.1) is 0 Å². The van der Waals surface area contributed by atoms with Crippen LogP contribution in [0.25, 0.3) is 0 Å². The minimum Gasteiger partial charge on any atom is -0.376 e. The third-order valence-corrected chi connectivity index (χ3v) is 4.30. The number of ether oxygens (including phenoxy) is 1. The average Bonchev–Trinajstić information content (AvgIpc) is 3.13. The largest absolute Gasteiger partial charge is 0.416 e. The lowest BCUT2D eigenvalue weighted by Gasteiger charge is -2.30. The molecule has 1 aliphatic carbocycles. The first kappa shape index (κ1) is 13.9. The summed E-state index contributed by atoms with van der Waals surface area (Å²) >= 11 is 0. The van der Waals surface area contributed by atoms with Crippen LogP contribution < -0.4 is 5.73 Å². The van der Waals surface area contributed by atoms with Crippen molar-refractivity contribution in [1.82, 2.24) is 0 Å². The van der Waals surface area contributed by atoms with Crippen LogP contribution in [0.3, 0.4) is 0 Å². The standard InChI is InChI=1S/C15H18F3NO/c16-15(17,18)12-5-1-10(2-6-12)9-14(19)7-8-20-13(14)11-3-4-11/h1-2,5-6,11,13H,3-4,7-9,19H2. The van der Waals surface area contributed by atoms with Crippen molar-refractivity contribution >= 4 is 0 Å². The van der Waals surface area contributed by atoms with Crippen molar-refractivity contribution < 1.29 is 17.9 Å². The Labute approximate surface area is 116 Å². The predicted octanol–water partition coefficient (Wildman–Crippen LogP) is 3.14. The van der Waals surface area contributed by atoms with E-state index in [1.165, 1.54) is 12.1 Å². The highest BCUT2D eigenvalue weighted by atomic mass is 19.4. The van der Waals surface area contributed by atoms with Crippen LogP contribution in [0.4, 0.5) is 13.2 Å². The highest BCUT2D eigenvalue weighted by molar-refractivity contribution is 5.27. The van der Waals surface area contributed by atoms with E-state index in [1.807, 2.05) is 0 Å². The van der Waals surface area contributed by atoms with Crippen molar-refractivity contribution in [2.24, 2.45) is 11.7 Å². The summed E-state index contributed by atoms with van der Waals surface area (Å²) in [5, 5.41) is 0. The van der Waals surface area contributed by atoms with Crippen LogP contribution in [0, 0.1) is 5.92 Å². The van der Waals surface area contributed by atoms with Crippen molar-refractivity contribution in [3.8, 4) is 0 Å². The summed E-state index contributed by atoms with van der Waals surface area (Å²) in [6, 6.07) is 5.31. The summed E-state index contributed by atoms with van der Waals surface area (Å²) in [7, 11) is 0. The van der Waals surface area contributed by atoms with Gasteiger partial charge in [-0.2, -0.15) is 13.2 Å². The van der Waals surface area contributed by atoms with Gasteiger partial charge in [-0.1, -0.05) is 12.1 Å². The molecule has 0 radical (unpaired) electrons. The van der Waals surface area contributed by atoms with Crippen molar-refractivity contribution in [3.05, 3.63) is 35.4 Å². The second-order valence-corrected chi connectivity index (χ2v) is 5.98. The van der Waals surface area contributed by atoms with Crippen LogP contribution in [0.1, 0.15) is 30.4 Å². The molecule has 0 amide bonds. The van der Waals surface area contributed by atoms with E-state index in [0.717, 1.165) is 37.0 Å². The fourth-order valence-corrected chi connectivity index (χ4v) is 3.07. The van der Waals surface area contributed by atoms with Crippen LogP contribution >= 0.6 is 0 Å².